The fraction of sp³-hybridized carbons (Fsp3) is 0.174. The van der Waals surface area contributed by atoms with Crippen molar-refractivity contribution in [2.45, 2.75) is 11.8 Å². The number of methoxy groups -OCH3 is 2. The number of nitrogens with zero attached hydrogens (tertiary/aromatic N) is 2. The van der Waals surface area contributed by atoms with Gasteiger partial charge < -0.3 is 14.8 Å². The van der Waals surface area contributed by atoms with Gasteiger partial charge >= 0.3 is 0 Å². The molecule has 0 unspecified atom stereocenters. The number of rotatable bonds is 8. The van der Waals surface area contributed by atoms with Crippen molar-refractivity contribution < 1.29 is 27.6 Å². The van der Waals surface area contributed by atoms with Crippen molar-refractivity contribution in [3.63, 3.8) is 0 Å². The fourth-order valence-corrected chi connectivity index (χ4v) is 4.36. The Bertz CT molecular complexity index is 1340. The minimum atomic E-state index is -3.92. The van der Waals surface area contributed by atoms with Gasteiger partial charge in [-0.25, -0.2) is 8.42 Å². The average molecular weight is 486 g/mol. The van der Waals surface area contributed by atoms with Gasteiger partial charge in [-0.05, 0) is 48.9 Å². The van der Waals surface area contributed by atoms with Gasteiger partial charge in [0.1, 0.15) is 0 Å². The molecule has 0 aliphatic rings. The number of carbonyl (C=O) groups excluding carboxylic acids is 1. The van der Waals surface area contributed by atoms with E-state index >= 15 is 0 Å². The molecule has 0 saturated heterocycles. The number of sulfonamides is 1. The lowest BCUT2D eigenvalue weighted by molar-refractivity contribution is -0.384. The van der Waals surface area contributed by atoms with Crippen molar-refractivity contribution >= 4 is 33.0 Å². The lowest BCUT2D eigenvalue weighted by Gasteiger charge is -2.20. The van der Waals surface area contributed by atoms with E-state index in [9.17, 15) is 23.3 Å². The summed E-state index contributed by atoms with van der Waals surface area (Å²) in [5.41, 5.74) is 1.43. The Balaban J connectivity index is 1.82. The maximum atomic E-state index is 13.1. The lowest BCUT2D eigenvalue weighted by Crippen LogP contribution is -2.26. The molecule has 3 rings (SSSR count). The monoisotopic (exact) mass is 485 g/mol. The molecular formula is C23H23N3O7S. The first-order chi connectivity index (χ1) is 16.1. The first-order valence-electron chi connectivity index (χ1n) is 9.96. The number of amides is 1. The third-order valence-corrected chi connectivity index (χ3v) is 6.97. The van der Waals surface area contributed by atoms with Crippen molar-refractivity contribution in [1.29, 1.82) is 0 Å². The summed E-state index contributed by atoms with van der Waals surface area (Å²) >= 11 is 0. The van der Waals surface area contributed by atoms with Crippen LogP contribution in [0.5, 0.6) is 11.5 Å². The van der Waals surface area contributed by atoms with Crippen molar-refractivity contribution in [2.24, 2.45) is 0 Å². The van der Waals surface area contributed by atoms with E-state index in [0.29, 0.717) is 22.7 Å². The molecule has 0 aliphatic carbocycles. The number of anilines is 2. The summed E-state index contributed by atoms with van der Waals surface area (Å²) in [6, 6.07) is 14.4. The summed E-state index contributed by atoms with van der Waals surface area (Å²) in [4.78, 5) is 23.1. The van der Waals surface area contributed by atoms with Crippen LogP contribution in [0.15, 0.2) is 65.6 Å². The zero-order valence-electron chi connectivity index (χ0n) is 18.9. The highest BCUT2D eigenvalue weighted by molar-refractivity contribution is 7.92. The van der Waals surface area contributed by atoms with Gasteiger partial charge in [0.15, 0.2) is 11.5 Å². The largest absolute Gasteiger partial charge is 0.493 e. The Morgan fingerprint density at radius 1 is 0.971 bits per heavy atom. The molecule has 1 N–H and O–H groups in total. The van der Waals surface area contributed by atoms with Crippen LogP contribution in [0.1, 0.15) is 15.9 Å². The molecule has 0 aliphatic heterocycles. The molecule has 10 nitrogen and oxygen atoms in total. The molecule has 0 aromatic heterocycles. The van der Waals surface area contributed by atoms with Crippen LogP contribution in [0, 0.1) is 17.0 Å². The molecule has 0 radical (unpaired) electrons. The van der Waals surface area contributed by atoms with Crippen LogP contribution < -0.4 is 19.1 Å². The molecule has 0 bridgehead atoms. The summed E-state index contributed by atoms with van der Waals surface area (Å²) in [7, 11) is 0.348. The highest BCUT2D eigenvalue weighted by Gasteiger charge is 2.23. The van der Waals surface area contributed by atoms with Crippen molar-refractivity contribution in [3.05, 3.63) is 81.9 Å². The Morgan fingerprint density at radius 2 is 1.62 bits per heavy atom. The van der Waals surface area contributed by atoms with Gasteiger partial charge in [-0.3, -0.25) is 19.2 Å². The number of hydrogen-bond acceptors (Lipinski definition) is 7. The zero-order valence-corrected chi connectivity index (χ0v) is 19.8. The smallest absolute Gasteiger partial charge is 0.271 e. The number of nitro groups is 1. The summed E-state index contributed by atoms with van der Waals surface area (Å²) in [6.45, 7) is 1.72. The molecule has 0 spiro atoms. The summed E-state index contributed by atoms with van der Waals surface area (Å²) in [6.07, 6.45) is 0. The van der Waals surface area contributed by atoms with Crippen LogP contribution in [0.3, 0.4) is 0 Å². The third kappa shape index (κ3) is 4.94. The summed E-state index contributed by atoms with van der Waals surface area (Å²) in [5, 5.41) is 13.6. The molecule has 1 amide bonds. The molecule has 0 fully saturated rings. The predicted molar refractivity (Wildman–Crippen MR) is 127 cm³/mol. The van der Waals surface area contributed by atoms with Crippen LogP contribution >= 0.6 is 0 Å². The van der Waals surface area contributed by atoms with E-state index in [1.54, 1.807) is 13.0 Å². The minimum absolute atomic E-state index is 0.00983. The standard InChI is InChI=1S/C23H23N3O7S/c1-15-5-8-18(26(28)29)13-20(15)24-23(27)16-6-9-17(10-7-16)25(2)34(30,31)19-11-12-21(32-3)22(14-19)33-4/h5-14H,1-4H3,(H,24,27). The number of nitrogens with one attached hydrogen (secondary N) is 1. The number of non-ortho nitro benzene ring substituents is 1. The van der Waals surface area contributed by atoms with Gasteiger partial charge in [0.05, 0.1) is 35.4 Å². The first-order valence-corrected chi connectivity index (χ1v) is 11.4. The minimum Gasteiger partial charge on any atom is -0.493 e. The molecule has 0 heterocycles. The quantitative estimate of drug-likeness (QED) is 0.377. The maximum Gasteiger partial charge on any atom is 0.271 e. The fourth-order valence-electron chi connectivity index (χ4n) is 3.15. The molecule has 3 aromatic carbocycles. The molecule has 178 valence electrons. The number of carbonyl (C=O) groups is 1. The number of ether oxygens (including phenoxy) is 2. The van der Waals surface area contributed by atoms with Gasteiger partial charge in [0, 0.05) is 30.8 Å². The maximum absolute atomic E-state index is 13.1. The predicted octanol–water partition coefficient (Wildman–Crippen LogP) is 4.00. The molecule has 3 aromatic rings. The van der Waals surface area contributed by atoms with Crippen molar-refractivity contribution in [1.82, 2.24) is 0 Å². The summed E-state index contributed by atoms with van der Waals surface area (Å²) in [5.74, 6) is 0.194. The first kappa shape index (κ1) is 24.5. The number of nitro benzene ring substituents is 1. The van der Waals surface area contributed by atoms with E-state index in [4.69, 9.17) is 9.47 Å². The van der Waals surface area contributed by atoms with Crippen LogP contribution in [0.4, 0.5) is 17.1 Å². The van der Waals surface area contributed by atoms with E-state index in [1.165, 1.54) is 75.9 Å². The lowest BCUT2D eigenvalue weighted by atomic mass is 10.1. The van der Waals surface area contributed by atoms with Crippen LogP contribution in [0.25, 0.3) is 0 Å². The van der Waals surface area contributed by atoms with E-state index in [-0.39, 0.29) is 21.9 Å². The Hall–Kier alpha value is -4.12. The van der Waals surface area contributed by atoms with E-state index in [0.717, 1.165) is 4.31 Å². The zero-order chi connectivity index (χ0) is 25.0. The Labute approximate surface area is 196 Å². The second-order valence-electron chi connectivity index (χ2n) is 7.25. The summed E-state index contributed by atoms with van der Waals surface area (Å²) < 4.78 is 37.6. The number of hydrogen-bond donors (Lipinski definition) is 1. The topological polar surface area (TPSA) is 128 Å². The van der Waals surface area contributed by atoms with Gasteiger partial charge in [-0.2, -0.15) is 0 Å². The van der Waals surface area contributed by atoms with Crippen LogP contribution in [-0.2, 0) is 10.0 Å². The van der Waals surface area contributed by atoms with Gasteiger partial charge in [-0.1, -0.05) is 6.07 Å². The highest BCUT2D eigenvalue weighted by atomic mass is 32.2. The molecule has 0 atom stereocenters. The van der Waals surface area contributed by atoms with Gasteiger partial charge in [-0.15, -0.1) is 0 Å². The molecule has 34 heavy (non-hydrogen) atoms. The number of benzene rings is 3. The van der Waals surface area contributed by atoms with E-state index in [1.807, 2.05) is 0 Å². The normalized spacial score (nSPS) is 10.9. The number of aryl methyl sites for hydroxylation is 1. The third-order valence-electron chi connectivity index (χ3n) is 5.19. The van der Waals surface area contributed by atoms with Gasteiger partial charge in [0.25, 0.3) is 21.6 Å². The van der Waals surface area contributed by atoms with Crippen molar-refractivity contribution in [2.75, 3.05) is 30.9 Å². The molecule has 11 heteroatoms. The molecular weight excluding hydrogens is 462 g/mol. The second-order valence-corrected chi connectivity index (χ2v) is 9.22. The van der Waals surface area contributed by atoms with Crippen LogP contribution in [-0.4, -0.2) is 40.5 Å². The SMILES string of the molecule is COc1ccc(S(=O)(=O)N(C)c2ccc(C(=O)Nc3cc([N+](=O)[O-])ccc3C)cc2)cc1OC. The van der Waals surface area contributed by atoms with E-state index < -0.39 is 20.9 Å². The molecule has 0 saturated carbocycles. The Morgan fingerprint density at radius 3 is 2.21 bits per heavy atom. The average Bonchev–Trinajstić information content (AvgIpc) is 2.84. The van der Waals surface area contributed by atoms with E-state index in [2.05, 4.69) is 5.32 Å². The Kier molecular flexibility index (Phi) is 7.06. The van der Waals surface area contributed by atoms with Gasteiger partial charge in [0.2, 0.25) is 0 Å². The second kappa shape index (κ2) is 9.79. The van der Waals surface area contributed by atoms with Crippen LogP contribution in [0.2, 0.25) is 0 Å². The highest BCUT2D eigenvalue weighted by Crippen LogP contribution is 2.32. The van der Waals surface area contributed by atoms with Crippen molar-refractivity contribution in [3.8, 4) is 11.5 Å².